The predicted molar refractivity (Wildman–Crippen MR) is 114 cm³/mol. The summed E-state index contributed by atoms with van der Waals surface area (Å²) >= 11 is 5.90. The Morgan fingerprint density at radius 2 is 1.90 bits per heavy atom. The molecule has 1 amide bonds. The van der Waals surface area contributed by atoms with E-state index in [2.05, 4.69) is 10.0 Å². The summed E-state index contributed by atoms with van der Waals surface area (Å²) in [6.07, 6.45) is 5.02. The van der Waals surface area contributed by atoms with Crippen molar-refractivity contribution in [2.45, 2.75) is 50.0 Å². The van der Waals surface area contributed by atoms with E-state index in [9.17, 15) is 13.2 Å². The monoisotopic (exact) mass is 436 g/mol. The Morgan fingerprint density at radius 1 is 1.14 bits per heavy atom. The number of anilines is 1. The van der Waals surface area contributed by atoms with Crippen molar-refractivity contribution in [1.82, 2.24) is 4.72 Å². The first kappa shape index (κ1) is 21.6. The van der Waals surface area contributed by atoms with Gasteiger partial charge in [-0.3, -0.25) is 4.79 Å². The summed E-state index contributed by atoms with van der Waals surface area (Å²) < 4.78 is 33.6. The average molecular weight is 437 g/mol. The highest BCUT2D eigenvalue weighted by molar-refractivity contribution is 7.89. The summed E-state index contributed by atoms with van der Waals surface area (Å²) in [4.78, 5) is 12.3. The van der Waals surface area contributed by atoms with Crippen LogP contribution in [0.25, 0.3) is 0 Å². The van der Waals surface area contributed by atoms with Crippen LogP contribution < -0.4 is 14.8 Å². The summed E-state index contributed by atoms with van der Waals surface area (Å²) in [5.74, 6) is 0.130. The van der Waals surface area contributed by atoms with Crippen LogP contribution in [0.15, 0.2) is 47.4 Å². The van der Waals surface area contributed by atoms with Crippen molar-refractivity contribution in [3.8, 4) is 5.75 Å². The lowest BCUT2D eigenvalue weighted by Gasteiger charge is -2.22. The molecule has 2 aromatic carbocycles. The van der Waals surface area contributed by atoms with Crippen molar-refractivity contribution in [2.75, 3.05) is 11.9 Å². The minimum absolute atomic E-state index is 0.000156. The Hall–Kier alpha value is -2.09. The minimum atomic E-state index is -3.57. The number of carbonyl (C=O) groups excluding carboxylic acids is 1. The standard InChI is InChI=1S/C21H25ClN2O4S/c1-15-12-19(29(26,27)24-17-7-3-2-4-8-17)10-11-20(15)28-14-21(25)23-18-9-5-6-16(22)13-18/h5-6,9-13,17,24H,2-4,7-8,14H2,1H3,(H,23,25). The maximum absolute atomic E-state index is 12.6. The van der Waals surface area contributed by atoms with Gasteiger partial charge in [0.2, 0.25) is 10.0 Å². The normalized spacial score (nSPS) is 15.1. The Kier molecular flexibility index (Phi) is 7.16. The molecule has 1 aliphatic rings. The fourth-order valence-corrected chi connectivity index (χ4v) is 4.95. The fourth-order valence-electron chi connectivity index (χ4n) is 3.37. The first-order chi connectivity index (χ1) is 13.8. The number of nitrogens with one attached hydrogen (secondary N) is 2. The molecule has 0 aliphatic heterocycles. The highest BCUT2D eigenvalue weighted by atomic mass is 35.5. The van der Waals surface area contributed by atoms with Gasteiger partial charge in [0.05, 0.1) is 4.90 Å². The summed E-state index contributed by atoms with van der Waals surface area (Å²) in [5, 5.41) is 3.23. The molecule has 29 heavy (non-hydrogen) atoms. The van der Waals surface area contributed by atoms with Crippen LogP contribution in [0, 0.1) is 6.92 Å². The first-order valence-corrected chi connectivity index (χ1v) is 11.5. The molecule has 0 saturated heterocycles. The van der Waals surface area contributed by atoms with Gasteiger partial charge in [0.1, 0.15) is 5.75 Å². The van der Waals surface area contributed by atoms with Gasteiger partial charge in [-0.2, -0.15) is 0 Å². The maximum Gasteiger partial charge on any atom is 0.262 e. The van der Waals surface area contributed by atoms with Gasteiger partial charge >= 0.3 is 0 Å². The van der Waals surface area contributed by atoms with Crippen LogP contribution in [0.1, 0.15) is 37.7 Å². The quantitative estimate of drug-likeness (QED) is 0.678. The lowest BCUT2D eigenvalue weighted by atomic mass is 9.96. The largest absolute Gasteiger partial charge is 0.483 e. The molecule has 3 rings (SSSR count). The molecule has 0 atom stereocenters. The van der Waals surface area contributed by atoms with E-state index < -0.39 is 10.0 Å². The van der Waals surface area contributed by atoms with Crippen LogP contribution in [0.4, 0.5) is 5.69 Å². The van der Waals surface area contributed by atoms with Crippen molar-refractivity contribution < 1.29 is 17.9 Å². The van der Waals surface area contributed by atoms with E-state index in [0.29, 0.717) is 22.0 Å². The van der Waals surface area contributed by atoms with E-state index in [0.717, 1.165) is 32.1 Å². The topological polar surface area (TPSA) is 84.5 Å². The van der Waals surface area contributed by atoms with Gasteiger partial charge in [-0.1, -0.05) is 36.9 Å². The second-order valence-corrected chi connectivity index (χ2v) is 9.38. The highest BCUT2D eigenvalue weighted by Crippen LogP contribution is 2.24. The van der Waals surface area contributed by atoms with Crippen LogP contribution in [-0.2, 0) is 14.8 Å². The molecule has 0 bridgehead atoms. The molecule has 1 fully saturated rings. The smallest absolute Gasteiger partial charge is 0.262 e. The van der Waals surface area contributed by atoms with Gasteiger partial charge in [-0.25, -0.2) is 13.1 Å². The van der Waals surface area contributed by atoms with E-state index in [1.807, 2.05) is 0 Å². The second-order valence-electron chi connectivity index (χ2n) is 7.23. The molecule has 0 spiro atoms. The lowest BCUT2D eigenvalue weighted by molar-refractivity contribution is -0.118. The van der Waals surface area contributed by atoms with Crippen molar-refractivity contribution in [3.63, 3.8) is 0 Å². The van der Waals surface area contributed by atoms with Crippen molar-refractivity contribution in [1.29, 1.82) is 0 Å². The summed E-state index contributed by atoms with van der Waals surface area (Å²) in [7, 11) is -3.57. The Labute approximate surface area is 176 Å². The number of halogens is 1. The number of sulfonamides is 1. The number of carbonyl (C=O) groups is 1. The van der Waals surface area contributed by atoms with Gasteiger partial charge in [0.15, 0.2) is 6.61 Å². The van der Waals surface area contributed by atoms with Gasteiger partial charge < -0.3 is 10.1 Å². The molecule has 2 N–H and O–H groups in total. The zero-order valence-electron chi connectivity index (χ0n) is 16.3. The van der Waals surface area contributed by atoms with E-state index >= 15 is 0 Å². The van der Waals surface area contributed by atoms with Crippen molar-refractivity contribution in [2.24, 2.45) is 0 Å². The van der Waals surface area contributed by atoms with Gasteiger partial charge in [0.25, 0.3) is 5.91 Å². The molecule has 0 aromatic heterocycles. The number of amides is 1. The van der Waals surface area contributed by atoms with Crippen LogP contribution in [-0.4, -0.2) is 27.0 Å². The highest BCUT2D eigenvalue weighted by Gasteiger charge is 2.22. The summed E-state index contributed by atoms with van der Waals surface area (Å²) in [6.45, 7) is 1.56. The Balaban J connectivity index is 1.59. The number of aryl methyl sites for hydroxylation is 1. The number of rotatable bonds is 7. The number of ether oxygens (including phenoxy) is 1. The molecule has 0 heterocycles. The van der Waals surface area contributed by atoms with Crippen LogP contribution in [0.5, 0.6) is 5.75 Å². The van der Waals surface area contributed by atoms with E-state index in [1.165, 1.54) is 6.07 Å². The van der Waals surface area contributed by atoms with Gasteiger partial charge in [-0.15, -0.1) is 0 Å². The molecule has 0 unspecified atom stereocenters. The molecule has 8 heteroatoms. The molecule has 156 valence electrons. The van der Waals surface area contributed by atoms with Crippen LogP contribution in [0.3, 0.4) is 0 Å². The predicted octanol–water partition coefficient (Wildman–Crippen LogP) is 4.28. The molecule has 6 nitrogen and oxygen atoms in total. The maximum atomic E-state index is 12.6. The third kappa shape index (κ3) is 6.19. The fraction of sp³-hybridized carbons (Fsp3) is 0.381. The molecule has 0 radical (unpaired) electrons. The zero-order chi connectivity index (χ0) is 20.9. The first-order valence-electron chi connectivity index (χ1n) is 9.65. The summed E-state index contributed by atoms with van der Waals surface area (Å²) in [5.41, 5.74) is 1.23. The minimum Gasteiger partial charge on any atom is -0.483 e. The summed E-state index contributed by atoms with van der Waals surface area (Å²) in [6, 6.07) is 11.5. The Morgan fingerprint density at radius 3 is 2.59 bits per heavy atom. The van der Waals surface area contributed by atoms with Crippen molar-refractivity contribution >= 4 is 33.2 Å². The number of hydrogen-bond acceptors (Lipinski definition) is 4. The van der Waals surface area contributed by atoms with E-state index in [1.54, 1.807) is 43.3 Å². The van der Waals surface area contributed by atoms with Crippen LogP contribution in [0.2, 0.25) is 5.02 Å². The average Bonchev–Trinajstić information content (AvgIpc) is 2.67. The molecular formula is C21H25ClN2O4S. The number of hydrogen-bond donors (Lipinski definition) is 2. The lowest BCUT2D eigenvalue weighted by Crippen LogP contribution is -2.36. The second kappa shape index (κ2) is 9.61. The molecule has 1 saturated carbocycles. The van der Waals surface area contributed by atoms with Gasteiger partial charge in [-0.05, 0) is 61.7 Å². The van der Waals surface area contributed by atoms with E-state index in [4.69, 9.17) is 16.3 Å². The third-order valence-corrected chi connectivity index (χ3v) is 6.60. The Bertz CT molecular complexity index is 972. The SMILES string of the molecule is Cc1cc(S(=O)(=O)NC2CCCCC2)ccc1OCC(=O)Nc1cccc(Cl)c1. The third-order valence-electron chi connectivity index (χ3n) is 4.85. The van der Waals surface area contributed by atoms with E-state index in [-0.39, 0.29) is 23.5 Å². The van der Waals surface area contributed by atoms with Gasteiger partial charge in [0, 0.05) is 16.8 Å². The molecule has 2 aromatic rings. The number of benzene rings is 2. The molecule has 1 aliphatic carbocycles. The molecular weight excluding hydrogens is 412 g/mol. The van der Waals surface area contributed by atoms with Crippen molar-refractivity contribution in [3.05, 3.63) is 53.1 Å². The zero-order valence-corrected chi connectivity index (χ0v) is 17.9. The van der Waals surface area contributed by atoms with Crippen LogP contribution >= 0.6 is 11.6 Å².